The smallest absolute Gasteiger partial charge is 0.341 e. The van der Waals surface area contributed by atoms with E-state index in [0.717, 1.165) is 11.0 Å². The highest BCUT2D eigenvalue weighted by atomic mass is 32.2. The number of carboxylic acid groups (broad SMARTS) is 1. The number of sulfonamides is 1. The Morgan fingerprint density at radius 1 is 1.12 bits per heavy atom. The number of benzene rings is 3. The van der Waals surface area contributed by atoms with Gasteiger partial charge in [0.2, 0.25) is 0 Å². The summed E-state index contributed by atoms with van der Waals surface area (Å²) in [6, 6.07) is 19.4. The minimum absolute atomic E-state index is 0.0573. The second kappa shape index (κ2) is 8.41. The van der Waals surface area contributed by atoms with E-state index in [2.05, 4.69) is 14.7 Å². The molecule has 0 aliphatic carbocycles. The van der Waals surface area contributed by atoms with Gasteiger partial charge in [0.15, 0.2) is 6.61 Å². The molecule has 0 saturated heterocycles. The van der Waals surface area contributed by atoms with E-state index in [4.69, 9.17) is 9.84 Å². The largest absolute Gasteiger partial charge is 0.482 e. The molecule has 1 aromatic heterocycles. The molecule has 0 spiro atoms. The highest BCUT2D eigenvalue weighted by Gasteiger charge is 2.19. The molecule has 0 unspecified atom stereocenters. The van der Waals surface area contributed by atoms with Gasteiger partial charge in [-0.25, -0.2) is 18.2 Å². The molecule has 160 valence electrons. The van der Waals surface area contributed by atoms with Crippen LogP contribution < -0.4 is 9.46 Å². The number of nitriles is 1. The van der Waals surface area contributed by atoms with Gasteiger partial charge in [-0.3, -0.25) is 4.72 Å². The number of hydrogen-bond acceptors (Lipinski definition) is 6. The first kappa shape index (κ1) is 20.9. The number of hydrogen-bond donors (Lipinski definition) is 3. The average Bonchev–Trinajstić information content (AvgIpc) is 3.21. The van der Waals surface area contributed by atoms with Crippen LogP contribution in [0.15, 0.2) is 71.6 Å². The molecule has 1 heterocycles. The molecule has 3 N–H and O–H groups in total. The van der Waals surface area contributed by atoms with Crippen LogP contribution in [0.4, 0.5) is 5.69 Å². The topological polar surface area (TPSA) is 145 Å². The van der Waals surface area contributed by atoms with Crippen molar-refractivity contribution in [3.05, 3.63) is 72.3 Å². The van der Waals surface area contributed by atoms with Crippen molar-refractivity contribution >= 4 is 32.7 Å². The summed E-state index contributed by atoms with van der Waals surface area (Å²) in [6.07, 6.45) is 0. The molecule has 10 heteroatoms. The van der Waals surface area contributed by atoms with Crippen LogP contribution in [0.3, 0.4) is 0 Å². The van der Waals surface area contributed by atoms with Crippen molar-refractivity contribution in [3.8, 4) is 23.2 Å². The minimum Gasteiger partial charge on any atom is -0.482 e. The van der Waals surface area contributed by atoms with Crippen LogP contribution in [-0.4, -0.2) is 36.1 Å². The lowest BCUT2D eigenvalue weighted by Crippen LogP contribution is -2.14. The van der Waals surface area contributed by atoms with Crippen LogP contribution in [0.1, 0.15) is 5.56 Å². The summed E-state index contributed by atoms with van der Waals surface area (Å²) < 4.78 is 33.5. The van der Waals surface area contributed by atoms with E-state index in [0.29, 0.717) is 11.4 Å². The van der Waals surface area contributed by atoms with Crippen molar-refractivity contribution in [1.29, 1.82) is 5.26 Å². The third kappa shape index (κ3) is 4.38. The fraction of sp³-hybridized carbons (Fsp3) is 0.0455. The zero-order valence-electron chi connectivity index (χ0n) is 16.4. The number of rotatable bonds is 7. The van der Waals surface area contributed by atoms with Crippen molar-refractivity contribution < 1.29 is 23.1 Å². The third-order valence-corrected chi connectivity index (χ3v) is 5.92. The van der Waals surface area contributed by atoms with Crippen molar-refractivity contribution in [2.45, 2.75) is 4.90 Å². The van der Waals surface area contributed by atoms with Crippen LogP contribution in [-0.2, 0) is 14.8 Å². The number of aromatic amines is 1. The summed E-state index contributed by atoms with van der Waals surface area (Å²) >= 11 is 0. The Morgan fingerprint density at radius 3 is 2.56 bits per heavy atom. The summed E-state index contributed by atoms with van der Waals surface area (Å²) in [5.74, 6) is -0.467. The van der Waals surface area contributed by atoms with Gasteiger partial charge in [-0.1, -0.05) is 12.1 Å². The van der Waals surface area contributed by atoms with Crippen LogP contribution in [0.25, 0.3) is 22.4 Å². The quantitative estimate of drug-likeness (QED) is 0.393. The molecule has 0 saturated carbocycles. The van der Waals surface area contributed by atoms with Crippen LogP contribution in [0.2, 0.25) is 0 Å². The summed E-state index contributed by atoms with van der Waals surface area (Å²) in [6.45, 7) is -0.536. The molecule has 0 atom stereocenters. The number of aliphatic carboxylic acids is 1. The fourth-order valence-electron chi connectivity index (χ4n) is 3.05. The molecule has 0 aliphatic rings. The van der Waals surface area contributed by atoms with Gasteiger partial charge < -0.3 is 14.8 Å². The molecule has 0 fully saturated rings. The number of carbonyl (C=O) groups is 1. The second-order valence-electron chi connectivity index (χ2n) is 6.73. The molecule has 9 nitrogen and oxygen atoms in total. The summed E-state index contributed by atoms with van der Waals surface area (Å²) in [7, 11) is -4.02. The normalized spacial score (nSPS) is 11.1. The van der Waals surface area contributed by atoms with Crippen molar-refractivity contribution in [3.63, 3.8) is 0 Å². The minimum atomic E-state index is -4.02. The van der Waals surface area contributed by atoms with Crippen LogP contribution >= 0.6 is 0 Å². The maximum Gasteiger partial charge on any atom is 0.341 e. The molecule has 0 aliphatic heterocycles. The molecule has 0 amide bonds. The number of H-pyrrole nitrogens is 1. The number of anilines is 1. The Morgan fingerprint density at radius 2 is 1.88 bits per heavy atom. The summed E-state index contributed by atoms with van der Waals surface area (Å²) in [5, 5.41) is 17.9. The van der Waals surface area contributed by atoms with Crippen molar-refractivity contribution in [2.75, 3.05) is 11.3 Å². The lowest BCUT2D eigenvalue weighted by molar-refractivity contribution is -0.139. The Kier molecular flexibility index (Phi) is 5.49. The monoisotopic (exact) mass is 448 g/mol. The molecular weight excluding hydrogens is 432 g/mol. The van der Waals surface area contributed by atoms with E-state index in [1.165, 1.54) is 30.3 Å². The standard InChI is InChI=1S/C22H16N4O5S/c23-12-14-5-10-17(22-24-18-3-1-2-4-19(18)25-22)20(11-14)26-32(29,30)16-8-6-15(7-9-16)31-13-21(27)28/h1-11,26H,13H2,(H,24,25)(H,27,28). The zero-order chi connectivity index (χ0) is 22.7. The van der Waals surface area contributed by atoms with Gasteiger partial charge >= 0.3 is 5.97 Å². The average molecular weight is 448 g/mol. The second-order valence-corrected chi connectivity index (χ2v) is 8.42. The van der Waals surface area contributed by atoms with Crippen LogP contribution in [0, 0.1) is 11.3 Å². The molecule has 3 aromatic carbocycles. The maximum atomic E-state index is 13.0. The van der Waals surface area contributed by atoms with E-state index < -0.39 is 22.6 Å². The van der Waals surface area contributed by atoms with E-state index in [1.54, 1.807) is 12.1 Å². The Bertz CT molecular complexity index is 1420. The first-order valence-electron chi connectivity index (χ1n) is 9.32. The van der Waals surface area contributed by atoms with Crippen LogP contribution in [0.5, 0.6) is 5.75 Å². The van der Waals surface area contributed by atoms with E-state index in [1.807, 2.05) is 30.3 Å². The number of ether oxygens (including phenoxy) is 1. The number of carboxylic acids is 1. The van der Waals surface area contributed by atoms with Crippen molar-refractivity contribution in [1.82, 2.24) is 9.97 Å². The first-order chi connectivity index (χ1) is 15.4. The predicted molar refractivity (Wildman–Crippen MR) is 117 cm³/mol. The van der Waals surface area contributed by atoms with Gasteiger partial charge in [0.25, 0.3) is 10.0 Å². The SMILES string of the molecule is N#Cc1ccc(-c2nc3ccccc3[nH]2)c(NS(=O)(=O)c2ccc(OCC(=O)O)cc2)c1. The number of para-hydroxylation sites is 2. The van der Waals surface area contributed by atoms with E-state index >= 15 is 0 Å². The van der Waals surface area contributed by atoms with Gasteiger partial charge in [-0.2, -0.15) is 5.26 Å². The van der Waals surface area contributed by atoms with Crippen molar-refractivity contribution in [2.24, 2.45) is 0 Å². The Labute approximate surface area is 183 Å². The fourth-order valence-corrected chi connectivity index (χ4v) is 4.12. The van der Waals surface area contributed by atoms with E-state index in [-0.39, 0.29) is 21.9 Å². The molecular formula is C22H16N4O5S. The highest BCUT2D eigenvalue weighted by molar-refractivity contribution is 7.92. The molecule has 0 bridgehead atoms. The lowest BCUT2D eigenvalue weighted by Gasteiger charge is -2.12. The van der Waals surface area contributed by atoms with Gasteiger partial charge in [0.05, 0.1) is 33.2 Å². The number of nitrogens with zero attached hydrogens (tertiary/aromatic N) is 2. The highest BCUT2D eigenvalue weighted by Crippen LogP contribution is 2.30. The molecule has 32 heavy (non-hydrogen) atoms. The molecule has 0 radical (unpaired) electrons. The van der Waals surface area contributed by atoms with Gasteiger partial charge in [0, 0.05) is 5.56 Å². The summed E-state index contributed by atoms with van der Waals surface area (Å²) in [4.78, 5) is 18.2. The molecule has 4 aromatic rings. The maximum absolute atomic E-state index is 13.0. The number of aromatic nitrogens is 2. The predicted octanol–water partition coefficient (Wildman–Crippen LogP) is 3.37. The van der Waals surface area contributed by atoms with E-state index in [9.17, 15) is 18.5 Å². The molecule has 4 rings (SSSR count). The number of nitrogens with one attached hydrogen (secondary N) is 2. The summed E-state index contributed by atoms with van der Waals surface area (Å²) in [5.41, 5.74) is 2.45. The number of fused-ring (bicyclic) bond motifs is 1. The van der Waals surface area contributed by atoms with Gasteiger partial charge in [0.1, 0.15) is 11.6 Å². The first-order valence-corrected chi connectivity index (χ1v) is 10.8. The lowest BCUT2D eigenvalue weighted by atomic mass is 10.1. The third-order valence-electron chi connectivity index (χ3n) is 4.53. The Balaban J connectivity index is 1.68. The number of imidazole rings is 1. The van der Waals surface area contributed by atoms with Gasteiger partial charge in [-0.05, 0) is 54.6 Å². The van der Waals surface area contributed by atoms with Gasteiger partial charge in [-0.15, -0.1) is 0 Å². The zero-order valence-corrected chi connectivity index (χ0v) is 17.3. The Hall–Kier alpha value is -4.36.